The molecule has 1 aromatic rings. The summed E-state index contributed by atoms with van der Waals surface area (Å²) in [5, 5.41) is 14.0. The third-order valence-electron chi connectivity index (χ3n) is 3.82. The molecule has 0 spiro atoms. The summed E-state index contributed by atoms with van der Waals surface area (Å²) in [7, 11) is 2.98. The fourth-order valence-corrected chi connectivity index (χ4v) is 5.00. The van der Waals surface area contributed by atoms with Crippen LogP contribution in [0.15, 0.2) is 16.4 Å². The van der Waals surface area contributed by atoms with Gasteiger partial charge in [-0.05, 0) is 16.0 Å². The molecule has 0 aliphatic carbocycles. The van der Waals surface area contributed by atoms with Crippen molar-refractivity contribution in [2.75, 3.05) is 24.5 Å². The Labute approximate surface area is 162 Å². The van der Waals surface area contributed by atoms with E-state index in [9.17, 15) is 14.4 Å². The van der Waals surface area contributed by atoms with Crippen molar-refractivity contribution in [1.82, 2.24) is 30.4 Å². The van der Waals surface area contributed by atoms with E-state index in [4.69, 9.17) is 16.3 Å². The van der Waals surface area contributed by atoms with Gasteiger partial charge in [0.2, 0.25) is 11.1 Å². The van der Waals surface area contributed by atoms with Gasteiger partial charge >= 0.3 is 5.97 Å². The maximum atomic E-state index is 12.5. The van der Waals surface area contributed by atoms with Gasteiger partial charge in [0, 0.05) is 18.6 Å². The fourth-order valence-electron chi connectivity index (χ4n) is 2.59. The summed E-state index contributed by atoms with van der Waals surface area (Å²) < 4.78 is 6.38. The fraction of sp³-hybridized carbons (Fsp3) is 0.538. The van der Waals surface area contributed by atoms with Crippen molar-refractivity contribution in [2.24, 2.45) is 7.05 Å². The minimum atomic E-state index is -0.692. The van der Waals surface area contributed by atoms with Crippen molar-refractivity contribution in [1.29, 1.82) is 0 Å². The lowest BCUT2D eigenvalue weighted by atomic mass is 10.0. The third kappa shape index (κ3) is 3.40. The number of methoxy groups -OCH3 is 1. The van der Waals surface area contributed by atoms with Crippen molar-refractivity contribution in [3.05, 3.63) is 11.3 Å². The summed E-state index contributed by atoms with van der Waals surface area (Å²) in [6.07, 6.45) is 0. The largest absolute Gasteiger partial charge is 0.464 e. The summed E-state index contributed by atoms with van der Waals surface area (Å²) in [4.78, 5) is 37.6. The lowest BCUT2D eigenvalue weighted by Crippen LogP contribution is -2.70. The number of ether oxygens (including phenoxy) is 1. The second-order valence-corrected chi connectivity index (χ2v) is 7.72. The summed E-state index contributed by atoms with van der Waals surface area (Å²) in [6, 6.07) is -0.692. The summed E-state index contributed by atoms with van der Waals surface area (Å²) in [5.74, 6) is -0.647. The number of tetrazole rings is 1. The number of halogens is 1. The van der Waals surface area contributed by atoms with Crippen LogP contribution in [0.4, 0.5) is 0 Å². The highest BCUT2D eigenvalue weighted by Crippen LogP contribution is 2.41. The zero-order valence-electron chi connectivity index (χ0n) is 13.8. The highest BCUT2D eigenvalue weighted by molar-refractivity contribution is 8.01. The molecule has 2 aliphatic heterocycles. The molecule has 2 amide bonds. The number of esters is 1. The first kappa shape index (κ1) is 19.0. The molecular formula is C13H15ClN6O4S2. The van der Waals surface area contributed by atoms with Crippen LogP contribution in [0.5, 0.6) is 0 Å². The highest BCUT2D eigenvalue weighted by Gasteiger charge is 2.54. The van der Waals surface area contributed by atoms with E-state index < -0.39 is 17.9 Å². The Morgan fingerprint density at radius 1 is 1.50 bits per heavy atom. The average molecular weight is 419 g/mol. The van der Waals surface area contributed by atoms with Gasteiger partial charge in [0.15, 0.2) is 0 Å². The summed E-state index contributed by atoms with van der Waals surface area (Å²) in [6.45, 7) is 0. The number of alkyl halides is 1. The van der Waals surface area contributed by atoms with Crippen LogP contribution in [-0.2, 0) is 26.2 Å². The van der Waals surface area contributed by atoms with Gasteiger partial charge in [-0.15, -0.1) is 28.5 Å². The molecule has 0 bridgehead atoms. The van der Waals surface area contributed by atoms with Gasteiger partial charge in [-0.2, -0.15) is 0 Å². The van der Waals surface area contributed by atoms with Crippen molar-refractivity contribution >= 4 is 52.9 Å². The zero-order chi connectivity index (χ0) is 18.8. The second-order valence-electron chi connectivity index (χ2n) is 5.41. The molecule has 140 valence electrons. The first-order chi connectivity index (χ1) is 12.5. The molecule has 1 saturated heterocycles. The number of nitrogens with one attached hydrogen (secondary N) is 1. The minimum Gasteiger partial charge on any atom is -0.464 e. The van der Waals surface area contributed by atoms with Crippen LogP contribution in [0.2, 0.25) is 0 Å². The number of carbonyl (C=O) groups excluding carboxylic acids is 3. The number of nitrogens with zero attached hydrogens (tertiary/aromatic N) is 5. The average Bonchev–Trinajstić information content (AvgIpc) is 3.07. The Bertz CT molecular complexity index is 784. The van der Waals surface area contributed by atoms with E-state index in [1.807, 2.05) is 0 Å². The molecule has 1 fully saturated rings. The molecule has 26 heavy (non-hydrogen) atoms. The summed E-state index contributed by atoms with van der Waals surface area (Å²) >= 11 is 8.31. The third-order valence-corrected chi connectivity index (χ3v) is 6.50. The number of carbonyl (C=O) groups is 3. The van der Waals surface area contributed by atoms with Gasteiger partial charge < -0.3 is 10.1 Å². The molecule has 3 heterocycles. The van der Waals surface area contributed by atoms with Crippen molar-refractivity contribution in [3.63, 3.8) is 0 Å². The lowest BCUT2D eigenvalue weighted by molar-refractivity contribution is -0.151. The van der Waals surface area contributed by atoms with E-state index >= 15 is 0 Å². The smallest absolute Gasteiger partial charge is 0.354 e. The SMILES string of the molecule is COC(=O)C1=C(CSc2nnnn2C)CS[C@@H]2[C@H](NC(=O)CCl)C(=O)N12. The number of fused-ring (bicyclic) bond motifs is 1. The monoisotopic (exact) mass is 418 g/mol. The van der Waals surface area contributed by atoms with E-state index in [-0.39, 0.29) is 22.9 Å². The maximum Gasteiger partial charge on any atom is 0.354 e. The Balaban J connectivity index is 1.80. The molecule has 0 unspecified atom stereocenters. The molecule has 3 rings (SSSR count). The van der Waals surface area contributed by atoms with Crippen LogP contribution in [0.1, 0.15) is 0 Å². The van der Waals surface area contributed by atoms with Crippen LogP contribution in [0, 0.1) is 0 Å². The van der Waals surface area contributed by atoms with Crippen molar-refractivity contribution in [3.8, 4) is 0 Å². The van der Waals surface area contributed by atoms with E-state index in [1.165, 1.54) is 40.2 Å². The molecule has 1 aromatic heterocycles. The van der Waals surface area contributed by atoms with E-state index in [1.54, 1.807) is 7.05 Å². The molecule has 10 nitrogen and oxygen atoms in total. The lowest BCUT2D eigenvalue weighted by Gasteiger charge is -2.49. The normalized spacial score (nSPS) is 22.0. The van der Waals surface area contributed by atoms with Crippen molar-refractivity contribution in [2.45, 2.75) is 16.6 Å². The van der Waals surface area contributed by atoms with E-state index in [0.29, 0.717) is 16.7 Å². The Kier molecular flexibility index (Phi) is 5.73. The van der Waals surface area contributed by atoms with Gasteiger partial charge in [0.25, 0.3) is 5.91 Å². The van der Waals surface area contributed by atoms with Gasteiger partial charge in [-0.1, -0.05) is 11.8 Å². The molecule has 0 aromatic carbocycles. The topological polar surface area (TPSA) is 119 Å². The standard InChI is InChI=1S/C13H15ClN6O4S2/c1-19-13(16-17-18-19)26-5-6-4-25-11-8(15-7(21)3-14)10(22)20(11)9(6)12(23)24-2/h8,11H,3-5H2,1-2H3,(H,15,21)/t8-,11-/m1/s1. The van der Waals surface area contributed by atoms with Gasteiger partial charge in [0.1, 0.15) is 23.0 Å². The zero-order valence-corrected chi connectivity index (χ0v) is 16.2. The number of hydrogen-bond acceptors (Lipinski definition) is 9. The van der Waals surface area contributed by atoms with Crippen molar-refractivity contribution < 1.29 is 19.1 Å². The number of hydrogen-bond donors (Lipinski definition) is 1. The molecular weight excluding hydrogens is 404 g/mol. The Hall–Kier alpha value is -1.79. The minimum absolute atomic E-state index is 0.222. The number of aromatic nitrogens is 4. The molecule has 0 radical (unpaired) electrons. The molecule has 1 N–H and O–H groups in total. The van der Waals surface area contributed by atoms with Gasteiger partial charge in [-0.25, -0.2) is 9.48 Å². The van der Waals surface area contributed by atoms with Crippen LogP contribution in [-0.4, -0.2) is 78.8 Å². The molecule has 2 atom stereocenters. The van der Waals surface area contributed by atoms with Crippen LogP contribution < -0.4 is 5.32 Å². The number of β-lactam (4-membered cyclic amide) rings is 1. The first-order valence-electron chi connectivity index (χ1n) is 7.43. The molecule has 13 heteroatoms. The van der Waals surface area contributed by atoms with E-state index in [2.05, 4.69) is 20.8 Å². The van der Waals surface area contributed by atoms with Gasteiger partial charge in [-0.3, -0.25) is 14.5 Å². The second kappa shape index (κ2) is 7.84. The van der Waals surface area contributed by atoms with Crippen LogP contribution in [0.25, 0.3) is 0 Å². The highest BCUT2D eigenvalue weighted by atomic mass is 35.5. The van der Waals surface area contributed by atoms with Crippen LogP contribution >= 0.6 is 35.1 Å². The summed E-state index contributed by atoms with van der Waals surface area (Å²) in [5.41, 5.74) is 0.974. The quantitative estimate of drug-likeness (QED) is 0.278. The predicted molar refractivity (Wildman–Crippen MR) is 94.3 cm³/mol. The first-order valence-corrected chi connectivity index (χ1v) is 10.00. The van der Waals surface area contributed by atoms with Gasteiger partial charge in [0.05, 0.1) is 7.11 Å². The number of amides is 2. The van der Waals surface area contributed by atoms with E-state index in [0.717, 1.165) is 5.57 Å². The van der Waals surface area contributed by atoms with Crippen LogP contribution in [0.3, 0.4) is 0 Å². The maximum absolute atomic E-state index is 12.5. The molecule has 2 aliphatic rings. The number of aryl methyl sites for hydroxylation is 1. The molecule has 0 saturated carbocycles. The Morgan fingerprint density at radius 2 is 2.27 bits per heavy atom. The number of rotatable bonds is 6. The Morgan fingerprint density at radius 3 is 2.88 bits per heavy atom. The number of thioether (sulfide) groups is 2. The predicted octanol–water partition coefficient (Wildman–Crippen LogP) is -0.632.